The molecule has 0 saturated carbocycles. The van der Waals surface area contributed by atoms with Crippen molar-refractivity contribution in [1.82, 2.24) is 9.71 Å². The number of hydrogen-bond donors (Lipinski definition) is 1. The van der Waals surface area contributed by atoms with Gasteiger partial charge in [-0.05, 0) is 35.7 Å². The topological polar surface area (TPSA) is 59.1 Å². The highest BCUT2D eigenvalue weighted by atomic mass is 79.9. The van der Waals surface area contributed by atoms with Crippen molar-refractivity contribution in [2.24, 2.45) is 0 Å². The van der Waals surface area contributed by atoms with Gasteiger partial charge in [0.1, 0.15) is 0 Å². The van der Waals surface area contributed by atoms with Crippen LogP contribution in [0.3, 0.4) is 0 Å². The zero-order valence-corrected chi connectivity index (χ0v) is 15.0. The Balaban J connectivity index is 2.15. The molecule has 118 valence electrons. The highest BCUT2D eigenvalue weighted by molar-refractivity contribution is 9.10. The average Bonchev–Trinajstić information content (AvgIpc) is 2.47. The summed E-state index contributed by atoms with van der Waals surface area (Å²) < 4.78 is 28.5. The van der Waals surface area contributed by atoms with Crippen LogP contribution in [0.4, 0.5) is 0 Å². The Morgan fingerprint density at radius 3 is 2.64 bits per heavy atom. The average molecular weight is 383 g/mol. The first-order chi connectivity index (χ1) is 10.4. The van der Waals surface area contributed by atoms with E-state index in [1.54, 1.807) is 12.3 Å². The Hall–Kier alpha value is -1.24. The molecular formula is C16H19BrN2O2S. The standard InChI is InChI=1S/C16H19BrN2O2S/c1-12(2)15-7-6-13(17)11-16(15)22(20,21)19-10-8-14-5-3-4-9-18-14/h3-7,9,11-12,19H,8,10H2,1-2H3. The molecule has 0 spiro atoms. The Labute approximate surface area is 140 Å². The van der Waals surface area contributed by atoms with Gasteiger partial charge in [-0.2, -0.15) is 0 Å². The normalized spacial score (nSPS) is 11.8. The number of aromatic nitrogens is 1. The molecule has 2 aromatic rings. The van der Waals surface area contributed by atoms with Crippen molar-refractivity contribution in [1.29, 1.82) is 0 Å². The largest absolute Gasteiger partial charge is 0.261 e. The summed E-state index contributed by atoms with van der Waals surface area (Å²) in [6, 6.07) is 11.0. The monoisotopic (exact) mass is 382 g/mol. The van der Waals surface area contributed by atoms with E-state index in [2.05, 4.69) is 25.6 Å². The number of benzene rings is 1. The van der Waals surface area contributed by atoms with Crippen molar-refractivity contribution in [2.75, 3.05) is 6.54 Å². The highest BCUT2D eigenvalue weighted by Crippen LogP contribution is 2.26. The number of nitrogens with zero attached hydrogens (tertiary/aromatic N) is 1. The fourth-order valence-electron chi connectivity index (χ4n) is 2.16. The number of pyridine rings is 1. The van der Waals surface area contributed by atoms with E-state index in [0.717, 1.165) is 15.7 Å². The SMILES string of the molecule is CC(C)c1ccc(Br)cc1S(=O)(=O)NCCc1ccccn1. The van der Waals surface area contributed by atoms with Crippen molar-refractivity contribution in [3.63, 3.8) is 0 Å². The molecule has 2 rings (SSSR count). The van der Waals surface area contributed by atoms with Gasteiger partial charge in [0.05, 0.1) is 4.90 Å². The predicted octanol–water partition coefficient (Wildman–Crippen LogP) is 3.49. The number of sulfonamides is 1. The van der Waals surface area contributed by atoms with Gasteiger partial charge in [-0.15, -0.1) is 0 Å². The second kappa shape index (κ2) is 7.35. The van der Waals surface area contributed by atoms with Gasteiger partial charge in [-0.3, -0.25) is 4.98 Å². The molecule has 0 unspecified atom stereocenters. The van der Waals surface area contributed by atoms with E-state index in [1.165, 1.54) is 0 Å². The Morgan fingerprint density at radius 2 is 2.00 bits per heavy atom. The summed E-state index contributed by atoms with van der Waals surface area (Å²) in [6.07, 6.45) is 2.26. The third kappa shape index (κ3) is 4.38. The summed E-state index contributed by atoms with van der Waals surface area (Å²) in [7, 11) is -3.54. The third-order valence-corrected chi connectivity index (χ3v) is 5.30. The van der Waals surface area contributed by atoms with Crippen molar-refractivity contribution >= 4 is 26.0 Å². The van der Waals surface area contributed by atoms with Gasteiger partial charge in [-0.1, -0.05) is 41.9 Å². The number of rotatable bonds is 6. The molecule has 0 radical (unpaired) electrons. The van der Waals surface area contributed by atoms with Gasteiger partial charge >= 0.3 is 0 Å². The van der Waals surface area contributed by atoms with Gasteiger partial charge < -0.3 is 0 Å². The molecule has 0 atom stereocenters. The second-order valence-electron chi connectivity index (χ2n) is 5.31. The molecule has 1 aromatic heterocycles. The first-order valence-corrected chi connectivity index (χ1v) is 9.37. The van der Waals surface area contributed by atoms with Gasteiger partial charge in [0.15, 0.2) is 0 Å². The third-order valence-electron chi connectivity index (χ3n) is 3.29. The molecule has 0 aliphatic carbocycles. The van der Waals surface area contributed by atoms with Crippen LogP contribution in [0, 0.1) is 0 Å². The van der Waals surface area contributed by atoms with Crippen molar-refractivity contribution < 1.29 is 8.42 Å². The Bertz CT molecular complexity index is 731. The number of halogens is 1. The van der Waals surface area contributed by atoms with Crippen LogP contribution in [0.1, 0.15) is 31.0 Å². The molecule has 0 bridgehead atoms. The van der Waals surface area contributed by atoms with Gasteiger partial charge in [0.2, 0.25) is 10.0 Å². The maximum Gasteiger partial charge on any atom is 0.240 e. The van der Waals surface area contributed by atoms with Crippen LogP contribution >= 0.6 is 15.9 Å². The van der Waals surface area contributed by atoms with E-state index >= 15 is 0 Å². The summed E-state index contributed by atoms with van der Waals surface area (Å²) in [6.45, 7) is 4.29. The molecule has 6 heteroatoms. The molecule has 1 N–H and O–H groups in total. The molecule has 0 fully saturated rings. The van der Waals surface area contributed by atoms with Crippen LogP contribution in [0.2, 0.25) is 0 Å². The molecule has 1 heterocycles. The quantitative estimate of drug-likeness (QED) is 0.831. The molecule has 22 heavy (non-hydrogen) atoms. The van der Waals surface area contributed by atoms with Crippen LogP contribution in [0.25, 0.3) is 0 Å². The van der Waals surface area contributed by atoms with Crippen molar-refractivity contribution in [3.05, 3.63) is 58.3 Å². The van der Waals surface area contributed by atoms with Gasteiger partial charge in [0.25, 0.3) is 0 Å². The van der Waals surface area contributed by atoms with E-state index in [-0.39, 0.29) is 5.92 Å². The first-order valence-electron chi connectivity index (χ1n) is 7.09. The fourth-order valence-corrected chi connectivity index (χ4v) is 4.09. The van der Waals surface area contributed by atoms with Gasteiger partial charge in [0, 0.05) is 29.3 Å². The minimum absolute atomic E-state index is 0.135. The number of hydrogen-bond acceptors (Lipinski definition) is 3. The molecular weight excluding hydrogens is 364 g/mol. The van der Waals surface area contributed by atoms with E-state index < -0.39 is 10.0 Å². The smallest absolute Gasteiger partial charge is 0.240 e. The zero-order chi connectivity index (χ0) is 16.2. The van der Waals surface area contributed by atoms with E-state index in [9.17, 15) is 8.42 Å². The molecule has 4 nitrogen and oxygen atoms in total. The van der Waals surface area contributed by atoms with Crippen molar-refractivity contribution in [2.45, 2.75) is 31.1 Å². The van der Waals surface area contributed by atoms with Crippen LogP contribution in [0.5, 0.6) is 0 Å². The molecule has 0 saturated heterocycles. The first kappa shape index (κ1) is 17.1. The Kier molecular flexibility index (Phi) is 5.72. The lowest BCUT2D eigenvalue weighted by Crippen LogP contribution is -2.27. The van der Waals surface area contributed by atoms with Crippen LogP contribution in [0.15, 0.2) is 52.0 Å². The van der Waals surface area contributed by atoms with E-state index in [0.29, 0.717) is 17.9 Å². The second-order valence-corrected chi connectivity index (χ2v) is 7.96. The maximum absolute atomic E-state index is 12.5. The van der Waals surface area contributed by atoms with Crippen LogP contribution < -0.4 is 4.72 Å². The maximum atomic E-state index is 12.5. The molecule has 1 aromatic carbocycles. The summed E-state index contributed by atoms with van der Waals surface area (Å²) in [5.41, 5.74) is 1.68. The van der Waals surface area contributed by atoms with E-state index in [1.807, 2.05) is 44.2 Å². The number of nitrogens with one attached hydrogen (secondary N) is 1. The summed E-state index contributed by atoms with van der Waals surface area (Å²) in [4.78, 5) is 4.52. The molecule has 0 aliphatic heterocycles. The van der Waals surface area contributed by atoms with Crippen molar-refractivity contribution in [3.8, 4) is 0 Å². The molecule has 0 aliphatic rings. The van der Waals surface area contributed by atoms with Crippen LogP contribution in [-0.4, -0.2) is 19.9 Å². The Morgan fingerprint density at radius 1 is 1.23 bits per heavy atom. The summed E-state index contributed by atoms with van der Waals surface area (Å²) >= 11 is 3.34. The highest BCUT2D eigenvalue weighted by Gasteiger charge is 2.20. The zero-order valence-electron chi connectivity index (χ0n) is 12.6. The minimum Gasteiger partial charge on any atom is -0.261 e. The summed E-state index contributed by atoms with van der Waals surface area (Å²) in [5.74, 6) is 0.135. The lowest BCUT2D eigenvalue weighted by molar-refractivity contribution is 0.579. The minimum atomic E-state index is -3.54. The van der Waals surface area contributed by atoms with E-state index in [4.69, 9.17) is 0 Å². The predicted molar refractivity (Wildman–Crippen MR) is 91.4 cm³/mol. The van der Waals surface area contributed by atoms with Crippen LogP contribution in [-0.2, 0) is 16.4 Å². The lowest BCUT2D eigenvalue weighted by Gasteiger charge is -2.14. The molecule has 0 amide bonds. The van der Waals surface area contributed by atoms with Gasteiger partial charge in [-0.25, -0.2) is 13.1 Å². The lowest BCUT2D eigenvalue weighted by atomic mass is 10.0. The summed E-state index contributed by atoms with van der Waals surface area (Å²) in [5, 5.41) is 0. The fraction of sp³-hybridized carbons (Fsp3) is 0.312.